The van der Waals surface area contributed by atoms with Crippen LogP contribution in [0.4, 0.5) is 0 Å². The van der Waals surface area contributed by atoms with Crippen molar-refractivity contribution in [2.24, 2.45) is 0 Å². The molecule has 19 heavy (non-hydrogen) atoms. The first-order valence-corrected chi connectivity index (χ1v) is 7.05. The molecule has 0 aromatic heterocycles. The lowest BCUT2D eigenvalue weighted by molar-refractivity contribution is 0.132. The van der Waals surface area contributed by atoms with Gasteiger partial charge in [-0.15, -0.1) is 0 Å². The Balaban J connectivity index is 1.70. The van der Waals surface area contributed by atoms with E-state index < -0.39 is 0 Å². The summed E-state index contributed by atoms with van der Waals surface area (Å²) in [7, 11) is 0. The second-order valence-corrected chi connectivity index (χ2v) is 4.86. The van der Waals surface area contributed by atoms with E-state index in [1.54, 1.807) is 0 Å². The van der Waals surface area contributed by atoms with Crippen LogP contribution < -0.4 is 14.8 Å². The van der Waals surface area contributed by atoms with Crippen molar-refractivity contribution in [1.29, 1.82) is 0 Å². The Morgan fingerprint density at radius 1 is 1.32 bits per heavy atom. The van der Waals surface area contributed by atoms with Crippen LogP contribution in [0.5, 0.6) is 11.5 Å². The first-order valence-electron chi connectivity index (χ1n) is 6.67. The minimum Gasteiger partial charge on any atom is -0.454 e. The summed E-state index contributed by atoms with van der Waals surface area (Å²) in [5.41, 5.74) is 1.10. The van der Waals surface area contributed by atoms with E-state index in [1.807, 2.05) is 12.1 Å². The Kier molecular flexibility index (Phi) is 5.76. The van der Waals surface area contributed by atoms with Crippen molar-refractivity contribution in [3.05, 3.63) is 22.7 Å². The molecular formula is C14H20ClNO3. The molecule has 2 rings (SSSR count). The maximum absolute atomic E-state index is 6.12. The quantitative estimate of drug-likeness (QED) is 0.746. The van der Waals surface area contributed by atoms with Crippen molar-refractivity contribution < 1.29 is 14.2 Å². The first-order chi connectivity index (χ1) is 9.31. The molecule has 1 aromatic carbocycles. The SMILES string of the molecule is CCCOCCCNCc1cc(Cl)c2c(c1)OCO2. The number of hydrogen-bond donors (Lipinski definition) is 1. The van der Waals surface area contributed by atoms with Crippen LogP contribution in [0.2, 0.25) is 5.02 Å². The van der Waals surface area contributed by atoms with E-state index in [1.165, 1.54) is 0 Å². The van der Waals surface area contributed by atoms with E-state index in [9.17, 15) is 0 Å². The number of fused-ring (bicyclic) bond motifs is 1. The standard InChI is InChI=1S/C14H20ClNO3/c1-2-5-17-6-3-4-16-9-11-7-12(15)14-13(8-11)18-10-19-14/h7-8,16H,2-6,9-10H2,1H3. The summed E-state index contributed by atoms with van der Waals surface area (Å²) in [4.78, 5) is 0. The first kappa shape index (κ1) is 14.4. The molecule has 0 aliphatic carbocycles. The van der Waals surface area contributed by atoms with Crippen molar-refractivity contribution in [2.75, 3.05) is 26.6 Å². The van der Waals surface area contributed by atoms with Crippen LogP contribution in [-0.4, -0.2) is 26.6 Å². The van der Waals surface area contributed by atoms with Crippen LogP contribution in [0.25, 0.3) is 0 Å². The van der Waals surface area contributed by atoms with Crippen molar-refractivity contribution in [2.45, 2.75) is 26.3 Å². The third kappa shape index (κ3) is 4.27. The van der Waals surface area contributed by atoms with Gasteiger partial charge in [-0.2, -0.15) is 0 Å². The average Bonchev–Trinajstić information content (AvgIpc) is 2.86. The number of benzene rings is 1. The maximum Gasteiger partial charge on any atom is 0.231 e. The Hall–Kier alpha value is -0.970. The second-order valence-electron chi connectivity index (χ2n) is 4.45. The lowest BCUT2D eigenvalue weighted by Crippen LogP contribution is -2.16. The van der Waals surface area contributed by atoms with Crippen LogP contribution in [0, 0.1) is 0 Å². The van der Waals surface area contributed by atoms with Crippen molar-refractivity contribution in [3.8, 4) is 11.5 Å². The van der Waals surface area contributed by atoms with Crippen molar-refractivity contribution in [3.63, 3.8) is 0 Å². The molecule has 1 heterocycles. The summed E-state index contributed by atoms with van der Waals surface area (Å²) in [6.07, 6.45) is 2.08. The summed E-state index contributed by atoms with van der Waals surface area (Å²) < 4.78 is 16.0. The minimum absolute atomic E-state index is 0.251. The van der Waals surface area contributed by atoms with Gasteiger partial charge in [-0.3, -0.25) is 0 Å². The Bertz CT molecular complexity index is 412. The molecule has 0 bridgehead atoms. The second kappa shape index (κ2) is 7.58. The fourth-order valence-corrected chi connectivity index (χ4v) is 2.19. The number of ether oxygens (including phenoxy) is 3. The summed E-state index contributed by atoms with van der Waals surface area (Å²) >= 11 is 6.12. The highest BCUT2D eigenvalue weighted by Gasteiger charge is 2.17. The molecule has 0 amide bonds. The molecule has 0 radical (unpaired) electrons. The molecule has 1 N–H and O–H groups in total. The molecule has 0 saturated heterocycles. The molecule has 1 aliphatic heterocycles. The van der Waals surface area contributed by atoms with Crippen molar-refractivity contribution in [1.82, 2.24) is 5.32 Å². The molecular weight excluding hydrogens is 266 g/mol. The predicted molar refractivity (Wildman–Crippen MR) is 75.0 cm³/mol. The van der Waals surface area contributed by atoms with Gasteiger partial charge in [0.2, 0.25) is 6.79 Å². The monoisotopic (exact) mass is 285 g/mol. The average molecular weight is 286 g/mol. The van der Waals surface area contributed by atoms with Gasteiger partial charge in [0.1, 0.15) is 0 Å². The van der Waals surface area contributed by atoms with E-state index in [0.717, 1.165) is 50.5 Å². The third-order valence-corrected chi connectivity index (χ3v) is 3.09. The maximum atomic E-state index is 6.12. The van der Waals surface area contributed by atoms with Gasteiger partial charge in [0, 0.05) is 19.8 Å². The van der Waals surface area contributed by atoms with Crippen LogP contribution in [0.15, 0.2) is 12.1 Å². The van der Waals surface area contributed by atoms with Crippen LogP contribution in [0.3, 0.4) is 0 Å². The van der Waals surface area contributed by atoms with Crippen LogP contribution in [0.1, 0.15) is 25.3 Å². The molecule has 106 valence electrons. The van der Waals surface area contributed by atoms with Crippen LogP contribution >= 0.6 is 11.6 Å². The largest absolute Gasteiger partial charge is 0.454 e. The fraction of sp³-hybridized carbons (Fsp3) is 0.571. The lowest BCUT2D eigenvalue weighted by Gasteiger charge is -2.07. The highest BCUT2D eigenvalue weighted by molar-refractivity contribution is 6.32. The van der Waals surface area contributed by atoms with Gasteiger partial charge < -0.3 is 19.5 Å². The van der Waals surface area contributed by atoms with E-state index >= 15 is 0 Å². The molecule has 0 unspecified atom stereocenters. The lowest BCUT2D eigenvalue weighted by atomic mass is 10.2. The molecule has 4 nitrogen and oxygen atoms in total. The van der Waals surface area contributed by atoms with Gasteiger partial charge in [0.15, 0.2) is 11.5 Å². The smallest absolute Gasteiger partial charge is 0.231 e. The zero-order valence-electron chi connectivity index (χ0n) is 11.2. The van der Waals surface area contributed by atoms with Crippen molar-refractivity contribution >= 4 is 11.6 Å². The number of rotatable bonds is 8. The third-order valence-electron chi connectivity index (χ3n) is 2.81. The van der Waals surface area contributed by atoms with Gasteiger partial charge >= 0.3 is 0 Å². The van der Waals surface area contributed by atoms with Gasteiger partial charge in [-0.05, 0) is 37.1 Å². The van der Waals surface area contributed by atoms with Crippen LogP contribution in [-0.2, 0) is 11.3 Å². The summed E-state index contributed by atoms with van der Waals surface area (Å²) in [5, 5.41) is 3.97. The highest BCUT2D eigenvalue weighted by atomic mass is 35.5. The van der Waals surface area contributed by atoms with E-state index in [4.69, 9.17) is 25.8 Å². The molecule has 0 saturated carbocycles. The Morgan fingerprint density at radius 2 is 2.21 bits per heavy atom. The zero-order chi connectivity index (χ0) is 13.5. The van der Waals surface area contributed by atoms with E-state index in [-0.39, 0.29) is 6.79 Å². The molecule has 0 fully saturated rings. The Morgan fingerprint density at radius 3 is 3.05 bits per heavy atom. The summed E-state index contributed by atoms with van der Waals surface area (Å²) in [6, 6.07) is 3.88. The topological polar surface area (TPSA) is 39.7 Å². The predicted octanol–water partition coefficient (Wildman–Crippen LogP) is 2.98. The summed E-state index contributed by atoms with van der Waals surface area (Å²) in [6.45, 7) is 5.71. The summed E-state index contributed by atoms with van der Waals surface area (Å²) in [5.74, 6) is 1.38. The van der Waals surface area contributed by atoms with Gasteiger partial charge in [-0.25, -0.2) is 0 Å². The number of halogens is 1. The Labute approximate surface area is 119 Å². The van der Waals surface area contributed by atoms with E-state index in [2.05, 4.69) is 12.2 Å². The molecule has 1 aromatic rings. The zero-order valence-corrected chi connectivity index (χ0v) is 12.0. The molecule has 1 aliphatic rings. The molecule has 0 spiro atoms. The van der Waals surface area contributed by atoms with Gasteiger partial charge in [-0.1, -0.05) is 18.5 Å². The van der Waals surface area contributed by atoms with Gasteiger partial charge in [0.05, 0.1) is 5.02 Å². The molecule has 5 heteroatoms. The normalized spacial score (nSPS) is 12.9. The number of nitrogens with one attached hydrogen (secondary N) is 1. The van der Waals surface area contributed by atoms with E-state index in [0.29, 0.717) is 10.8 Å². The fourth-order valence-electron chi connectivity index (χ4n) is 1.90. The highest BCUT2D eigenvalue weighted by Crippen LogP contribution is 2.39. The number of hydrogen-bond acceptors (Lipinski definition) is 4. The molecule has 0 atom stereocenters. The van der Waals surface area contributed by atoms with Gasteiger partial charge in [0.25, 0.3) is 0 Å². The minimum atomic E-state index is 0.251.